The minimum absolute atomic E-state index is 0.259. The molecule has 0 aliphatic heterocycles. The highest BCUT2D eigenvalue weighted by Crippen LogP contribution is 2.28. The van der Waals surface area contributed by atoms with Crippen molar-refractivity contribution in [1.82, 2.24) is 5.32 Å². The lowest BCUT2D eigenvalue weighted by atomic mass is 10.0. The number of hydrogen-bond donors (Lipinski definition) is 1. The predicted octanol–water partition coefficient (Wildman–Crippen LogP) is 3.64. The molecule has 1 atom stereocenters. The molecule has 27 heavy (non-hydrogen) atoms. The maximum Gasteiger partial charge on any atom is 0.243 e. The second-order valence-corrected chi connectivity index (χ2v) is 10.7. The van der Waals surface area contributed by atoms with Gasteiger partial charge in [-0.1, -0.05) is 31.4 Å². The molecular weight excluding hydrogens is 380 g/mol. The Balaban J connectivity index is 1.99. The maximum atomic E-state index is 12.6. The highest BCUT2D eigenvalue weighted by molar-refractivity contribution is 7.99. The molecule has 1 aromatic carbocycles. The fourth-order valence-corrected chi connectivity index (χ4v) is 5.96. The summed E-state index contributed by atoms with van der Waals surface area (Å²) in [5, 5.41) is 3.62. The number of carbonyl (C=O) groups excluding carboxylic acids is 1. The van der Waals surface area contributed by atoms with Crippen molar-refractivity contribution >= 4 is 33.4 Å². The summed E-state index contributed by atoms with van der Waals surface area (Å²) in [7, 11) is -3.58. The molecule has 0 bridgehead atoms. The molecule has 0 radical (unpaired) electrons. The molecule has 1 aromatic rings. The average Bonchev–Trinajstić information content (AvgIpc) is 2.61. The number of carbonyl (C=O) groups is 1. The van der Waals surface area contributed by atoms with Gasteiger partial charge in [0.1, 0.15) is 6.04 Å². The second-order valence-electron chi connectivity index (χ2n) is 7.45. The van der Waals surface area contributed by atoms with Crippen LogP contribution in [0.25, 0.3) is 0 Å². The highest BCUT2D eigenvalue weighted by Gasteiger charge is 2.30. The van der Waals surface area contributed by atoms with Gasteiger partial charge in [-0.15, -0.1) is 0 Å². The molecule has 7 heteroatoms. The van der Waals surface area contributed by atoms with Gasteiger partial charge in [0.15, 0.2) is 0 Å². The van der Waals surface area contributed by atoms with Crippen LogP contribution in [0, 0.1) is 13.8 Å². The molecule has 1 saturated carbocycles. The topological polar surface area (TPSA) is 66.5 Å². The summed E-state index contributed by atoms with van der Waals surface area (Å²) < 4.78 is 26.1. The highest BCUT2D eigenvalue weighted by atomic mass is 32.2. The van der Waals surface area contributed by atoms with E-state index in [9.17, 15) is 13.2 Å². The van der Waals surface area contributed by atoms with E-state index in [4.69, 9.17) is 0 Å². The standard InChI is InChI=1S/C20H32N2O3S2/c1-15-10-11-16(2)19(14-15)22(27(4,24)25)17(3)20(23)21-12-13-26-18-8-6-5-7-9-18/h10-11,14,17-18H,5-9,12-13H2,1-4H3,(H,21,23)/t17-/m0/s1. The maximum absolute atomic E-state index is 12.6. The van der Waals surface area contributed by atoms with Crippen LogP contribution in [0.15, 0.2) is 18.2 Å². The third kappa shape index (κ3) is 6.42. The second kappa shape index (κ2) is 9.82. The lowest BCUT2D eigenvalue weighted by Gasteiger charge is -2.30. The number of rotatable bonds is 8. The molecule has 0 unspecified atom stereocenters. The fraction of sp³-hybridized carbons (Fsp3) is 0.650. The van der Waals surface area contributed by atoms with Gasteiger partial charge >= 0.3 is 0 Å². The summed E-state index contributed by atoms with van der Waals surface area (Å²) >= 11 is 1.92. The van der Waals surface area contributed by atoms with E-state index in [2.05, 4.69) is 5.32 Å². The first kappa shape index (κ1) is 22.1. The third-order valence-electron chi connectivity index (χ3n) is 5.00. The quantitative estimate of drug-likeness (QED) is 0.662. The summed E-state index contributed by atoms with van der Waals surface area (Å²) in [6, 6.07) is 4.85. The van der Waals surface area contributed by atoms with Gasteiger partial charge in [-0.2, -0.15) is 11.8 Å². The van der Waals surface area contributed by atoms with E-state index < -0.39 is 16.1 Å². The lowest BCUT2D eigenvalue weighted by Crippen LogP contribution is -2.48. The number of thioether (sulfide) groups is 1. The Hall–Kier alpha value is -1.21. The molecule has 1 N–H and O–H groups in total. The van der Waals surface area contributed by atoms with Crippen LogP contribution < -0.4 is 9.62 Å². The molecule has 1 fully saturated rings. The molecule has 0 aromatic heterocycles. The number of amides is 1. The van der Waals surface area contributed by atoms with Crippen LogP contribution in [0.2, 0.25) is 0 Å². The summed E-state index contributed by atoms with van der Waals surface area (Å²) in [6.45, 7) is 5.98. The zero-order chi connectivity index (χ0) is 20.0. The fourth-order valence-electron chi connectivity index (χ4n) is 3.52. The van der Waals surface area contributed by atoms with E-state index in [1.54, 1.807) is 6.92 Å². The van der Waals surface area contributed by atoms with Crippen molar-refractivity contribution in [3.8, 4) is 0 Å². The average molecular weight is 413 g/mol. The smallest absolute Gasteiger partial charge is 0.243 e. The van der Waals surface area contributed by atoms with Crippen molar-refractivity contribution in [2.24, 2.45) is 0 Å². The zero-order valence-corrected chi connectivity index (χ0v) is 18.5. The number of nitrogens with one attached hydrogen (secondary N) is 1. The van der Waals surface area contributed by atoms with E-state index >= 15 is 0 Å². The molecule has 152 valence electrons. The van der Waals surface area contributed by atoms with Gasteiger partial charge in [-0.25, -0.2) is 8.42 Å². The van der Waals surface area contributed by atoms with E-state index in [-0.39, 0.29) is 5.91 Å². The van der Waals surface area contributed by atoms with Gasteiger partial charge in [0, 0.05) is 17.5 Å². The summed E-state index contributed by atoms with van der Waals surface area (Å²) in [6.07, 6.45) is 7.63. The minimum atomic E-state index is -3.58. The zero-order valence-electron chi connectivity index (χ0n) is 16.8. The Bertz CT molecular complexity index is 744. The molecule has 1 amide bonds. The lowest BCUT2D eigenvalue weighted by molar-refractivity contribution is -0.121. The van der Waals surface area contributed by atoms with E-state index in [0.29, 0.717) is 17.5 Å². The van der Waals surface area contributed by atoms with Gasteiger partial charge in [0.25, 0.3) is 0 Å². The van der Waals surface area contributed by atoms with Crippen LogP contribution in [0.4, 0.5) is 5.69 Å². The Kier molecular flexibility index (Phi) is 8.04. The van der Waals surface area contributed by atoms with E-state index in [0.717, 1.165) is 23.1 Å². The van der Waals surface area contributed by atoms with Gasteiger partial charge in [0.05, 0.1) is 11.9 Å². The molecule has 5 nitrogen and oxygen atoms in total. The summed E-state index contributed by atoms with van der Waals surface area (Å²) in [4.78, 5) is 12.6. The van der Waals surface area contributed by atoms with Crippen molar-refractivity contribution in [3.05, 3.63) is 29.3 Å². The summed E-state index contributed by atoms with van der Waals surface area (Å²) in [5.74, 6) is 0.608. The SMILES string of the molecule is Cc1ccc(C)c(N([C@@H](C)C(=O)NCCSC2CCCCC2)S(C)(=O)=O)c1. The first-order valence-electron chi connectivity index (χ1n) is 9.66. The predicted molar refractivity (Wildman–Crippen MR) is 115 cm³/mol. The van der Waals surface area contributed by atoms with Crippen LogP contribution in [0.5, 0.6) is 0 Å². The molecular formula is C20H32N2O3S2. The van der Waals surface area contributed by atoms with E-state index in [1.807, 2.05) is 43.8 Å². The number of aryl methyl sites for hydroxylation is 2. The van der Waals surface area contributed by atoms with Crippen LogP contribution in [-0.4, -0.2) is 44.2 Å². The van der Waals surface area contributed by atoms with Gasteiger partial charge in [-0.3, -0.25) is 9.10 Å². The van der Waals surface area contributed by atoms with E-state index in [1.165, 1.54) is 36.4 Å². The number of anilines is 1. The first-order valence-corrected chi connectivity index (χ1v) is 12.6. The van der Waals surface area contributed by atoms with Crippen molar-refractivity contribution in [1.29, 1.82) is 0 Å². The number of sulfonamides is 1. The summed E-state index contributed by atoms with van der Waals surface area (Å²) in [5.41, 5.74) is 2.36. The Morgan fingerprint density at radius 3 is 2.56 bits per heavy atom. The monoisotopic (exact) mass is 412 g/mol. The molecule has 0 heterocycles. The molecule has 1 aliphatic rings. The molecule has 2 rings (SSSR count). The van der Waals surface area contributed by atoms with Crippen molar-refractivity contribution in [2.75, 3.05) is 22.9 Å². The first-order chi connectivity index (χ1) is 12.7. The van der Waals surface area contributed by atoms with Crippen molar-refractivity contribution in [3.63, 3.8) is 0 Å². The number of hydrogen-bond acceptors (Lipinski definition) is 4. The van der Waals surface area contributed by atoms with Crippen LogP contribution in [-0.2, 0) is 14.8 Å². The van der Waals surface area contributed by atoms with Crippen LogP contribution in [0.3, 0.4) is 0 Å². The minimum Gasteiger partial charge on any atom is -0.353 e. The van der Waals surface area contributed by atoms with Crippen molar-refractivity contribution in [2.45, 2.75) is 64.2 Å². The Morgan fingerprint density at radius 2 is 1.93 bits per heavy atom. The number of nitrogens with zero attached hydrogens (tertiary/aromatic N) is 1. The Labute approximate surface area is 168 Å². The number of benzene rings is 1. The van der Waals surface area contributed by atoms with Gasteiger partial charge in [0.2, 0.25) is 15.9 Å². The normalized spacial score (nSPS) is 16.7. The molecule has 0 spiro atoms. The third-order valence-corrected chi connectivity index (χ3v) is 7.61. The Morgan fingerprint density at radius 1 is 1.26 bits per heavy atom. The molecule has 1 aliphatic carbocycles. The molecule has 0 saturated heterocycles. The van der Waals surface area contributed by atoms with Crippen LogP contribution >= 0.6 is 11.8 Å². The van der Waals surface area contributed by atoms with Crippen molar-refractivity contribution < 1.29 is 13.2 Å². The van der Waals surface area contributed by atoms with Crippen LogP contribution in [0.1, 0.15) is 50.2 Å². The largest absolute Gasteiger partial charge is 0.353 e. The van der Waals surface area contributed by atoms with Gasteiger partial charge in [-0.05, 0) is 50.8 Å². The van der Waals surface area contributed by atoms with Gasteiger partial charge < -0.3 is 5.32 Å².